The number of pyridine rings is 1. The number of nitrogens with zero attached hydrogens (tertiary/aromatic N) is 7. The average Bonchev–Trinajstić information content (AvgIpc) is 3.67. The standard InChI is InChI=1S/C27H23F2N7O2/c28-19-3-4-23(29)22(9-19)24-2-1-6-34(24)26-5-7-35-27(33-26)25(13-32-35)36-14-18(11-31-36)17-8-20(12-30-10-17)38-21-15-37-16-21/h3-5,7-14,21,24H,1-2,6,15-16H2/t24-/m1/s1. The van der Waals surface area contributed by atoms with E-state index in [-0.39, 0.29) is 12.1 Å². The van der Waals surface area contributed by atoms with E-state index in [1.807, 2.05) is 29.4 Å². The van der Waals surface area contributed by atoms with Crippen molar-refractivity contribution in [1.29, 1.82) is 0 Å². The van der Waals surface area contributed by atoms with Gasteiger partial charge in [-0.2, -0.15) is 10.2 Å². The number of fused-ring (bicyclic) bond motifs is 1. The molecule has 0 saturated carbocycles. The number of aromatic nitrogens is 6. The second-order valence-electron chi connectivity index (χ2n) is 9.46. The number of anilines is 1. The molecule has 1 aromatic carbocycles. The van der Waals surface area contributed by atoms with E-state index in [1.165, 1.54) is 12.1 Å². The lowest BCUT2D eigenvalue weighted by atomic mass is 10.0. The summed E-state index contributed by atoms with van der Waals surface area (Å²) < 4.78 is 43.0. The van der Waals surface area contributed by atoms with Crippen LogP contribution in [0, 0.1) is 11.6 Å². The monoisotopic (exact) mass is 515 g/mol. The van der Waals surface area contributed by atoms with E-state index in [9.17, 15) is 8.78 Å². The van der Waals surface area contributed by atoms with Gasteiger partial charge in [0, 0.05) is 41.8 Å². The highest BCUT2D eigenvalue weighted by Gasteiger charge is 2.30. The quantitative estimate of drug-likeness (QED) is 0.332. The summed E-state index contributed by atoms with van der Waals surface area (Å²) in [7, 11) is 0. The van der Waals surface area contributed by atoms with E-state index in [2.05, 4.69) is 15.2 Å². The first-order chi connectivity index (χ1) is 18.6. The Kier molecular flexibility index (Phi) is 5.50. The lowest BCUT2D eigenvalue weighted by molar-refractivity contribution is -0.0797. The number of hydrogen-bond donors (Lipinski definition) is 0. The van der Waals surface area contributed by atoms with E-state index in [0.717, 1.165) is 23.6 Å². The number of hydrogen-bond acceptors (Lipinski definition) is 7. The van der Waals surface area contributed by atoms with Crippen molar-refractivity contribution >= 4 is 11.5 Å². The number of ether oxygens (including phenoxy) is 2. The molecule has 6 heterocycles. The minimum atomic E-state index is -0.450. The van der Waals surface area contributed by atoms with Crippen molar-refractivity contribution in [1.82, 2.24) is 29.4 Å². The molecule has 1 atom stereocenters. The molecule has 0 spiro atoms. The molecule has 0 unspecified atom stereocenters. The molecule has 5 aromatic rings. The molecule has 7 rings (SSSR count). The van der Waals surface area contributed by atoms with Crippen molar-refractivity contribution in [3.8, 4) is 22.6 Å². The van der Waals surface area contributed by atoms with Crippen LogP contribution in [0.2, 0.25) is 0 Å². The summed E-state index contributed by atoms with van der Waals surface area (Å²) >= 11 is 0. The van der Waals surface area contributed by atoms with Crippen LogP contribution in [0.15, 0.2) is 67.5 Å². The maximum atomic E-state index is 14.6. The van der Waals surface area contributed by atoms with Crippen LogP contribution in [0.4, 0.5) is 14.6 Å². The van der Waals surface area contributed by atoms with Crippen LogP contribution in [-0.4, -0.2) is 55.2 Å². The Labute approximate surface area is 216 Å². The Morgan fingerprint density at radius 1 is 0.974 bits per heavy atom. The maximum Gasteiger partial charge on any atom is 0.183 e. The molecule has 0 radical (unpaired) electrons. The summed E-state index contributed by atoms with van der Waals surface area (Å²) in [6, 6.07) is 7.08. The van der Waals surface area contributed by atoms with Gasteiger partial charge in [0.2, 0.25) is 0 Å². The Hall–Kier alpha value is -4.38. The van der Waals surface area contributed by atoms with Crippen LogP contribution < -0.4 is 9.64 Å². The first kappa shape index (κ1) is 22.8. The van der Waals surface area contributed by atoms with Crippen LogP contribution >= 0.6 is 0 Å². The highest BCUT2D eigenvalue weighted by molar-refractivity contribution is 5.66. The third-order valence-electron chi connectivity index (χ3n) is 6.99. The van der Waals surface area contributed by atoms with E-state index < -0.39 is 11.6 Å². The molecular formula is C27H23F2N7O2. The van der Waals surface area contributed by atoms with E-state index in [1.54, 1.807) is 34.0 Å². The molecule has 4 aromatic heterocycles. The molecule has 38 heavy (non-hydrogen) atoms. The smallest absolute Gasteiger partial charge is 0.183 e. The molecule has 2 aliphatic rings. The summed E-state index contributed by atoms with van der Waals surface area (Å²) in [6.45, 7) is 1.86. The first-order valence-corrected chi connectivity index (χ1v) is 12.4. The van der Waals surface area contributed by atoms with Gasteiger partial charge in [0.15, 0.2) is 5.65 Å². The van der Waals surface area contributed by atoms with E-state index >= 15 is 0 Å². The van der Waals surface area contributed by atoms with Crippen molar-refractivity contribution < 1.29 is 18.3 Å². The van der Waals surface area contributed by atoms with Crippen molar-refractivity contribution in [2.24, 2.45) is 0 Å². The molecule has 11 heteroatoms. The van der Waals surface area contributed by atoms with Crippen LogP contribution in [0.3, 0.4) is 0 Å². The molecule has 0 bridgehead atoms. The lowest BCUT2D eigenvalue weighted by Gasteiger charge is -2.26. The highest BCUT2D eigenvalue weighted by Crippen LogP contribution is 2.37. The summed E-state index contributed by atoms with van der Waals surface area (Å²) in [4.78, 5) is 11.2. The van der Waals surface area contributed by atoms with Crippen LogP contribution in [-0.2, 0) is 4.74 Å². The molecule has 0 N–H and O–H groups in total. The van der Waals surface area contributed by atoms with Gasteiger partial charge in [0.05, 0.1) is 37.8 Å². The Morgan fingerprint density at radius 3 is 2.76 bits per heavy atom. The number of halogens is 2. The zero-order valence-corrected chi connectivity index (χ0v) is 20.2. The average molecular weight is 516 g/mol. The van der Waals surface area contributed by atoms with Gasteiger partial charge in [-0.1, -0.05) is 0 Å². The predicted molar refractivity (Wildman–Crippen MR) is 134 cm³/mol. The fraction of sp³-hybridized carbons (Fsp3) is 0.259. The highest BCUT2D eigenvalue weighted by atomic mass is 19.1. The van der Waals surface area contributed by atoms with Gasteiger partial charge in [-0.15, -0.1) is 0 Å². The lowest BCUT2D eigenvalue weighted by Crippen LogP contribution is -2.38. The van der Waals surface area contributed by atoms with E-state index in [0.29, 0.717) is 54.6 Å². The third-order valence-corrected chi connectivity index (χ3v) is 6.99. The van der Waals surface area contributed by atoms with Crippen molar-refractivity contribution in [2.45, 2.75) is 25.0 Å². The van der Waals surface area contributed by atoms with Gasteiger partial charge in [-0.3, -0.25) is 4.98 Å². The minimum Gasteiger partial charge on any atom is -0.484 e. The normalized spacial score (nSPS) is 17.7. The topological polar surface area (TPSA) is 82.6 Å². The van der Waals surface area contributed by atoms with Gasteiger partial charge in [0.1, 0.15) is 35.0 Å². The molecule has 0 aliphatic carbocycles. The first-order valence-electron chi connectivity index (χ1n) is 12.4. The largest absolute Gasteiger partial charge is 0.484 e. The SMILES string of the molecule is Fc1ccc(F)c([C@H]2CCCN2c2ccn3ncc(-n4cc(-c5cncc(OC6COC6)c5)cn4)c3n2)c1. The molecular weight excluding hydrogens is 492 g/mol. The Balaban J connectivity index is 1.20. The van der Waals surface area contributed by atoms with Gasteiger partial charge >= 0.3 is 0 Å². The van der Waals surface area contributed by atoms with Gasteiger partial charge in [-0.25, -0.2) is 23.0 Å². The minimum absolute atomic E-state index is 0.0569. The zero-order valence-electron chi connectivity index (χ0n) is 20.2. The fourth-order valence-corrected chi connectivity index (χ4v) is 5.02. The molecule has 9 nitrogen and oxygen atoms in total. The van der Waals surface area contributed by atoms with Crippen molar-refractivity contribution in [3.05, 3.63) is 84.7 Å². The second-order valence-corrected chi connectivity index (χ2v) is 9.46. The fourth-order valence-electron chi connectivity index (χ4n) is 5.02. The molecule has 0 amide bonds. The van der Waals surface area contributed by atoms with Crippen molar-refractivity contribution in [3.63, 3.8) is 0 Å². The number of rotatable bonds is 6. The van der Waals surface area contributed by atoms with Crippen LogP contribution in [0.5, 0.6) is 5.75 Å². The molecule has 2 saturated heterocycles. The van der Waals surface area contributed by atoms with E-state index in [4.69, 9.17) is 14.5 Å². The van der Waals surface area contributed by atoms with Gasteiger partial charge in [0.25, 0.3) is 0 Å². The van der Waals surface area contributed by atoms with Crippen molar-refractivity contribution in [2.75, 3.05) is 24.7 Å². The van der Waals surface area contributed by atoms with Gasteiger partial charge < -0.3 is 14.4 Å². The van der Waals surface area contributed by atoms with Crippen LogP contribution in [0.25, 0.3) is 22.5 Å². The molecule has 192 valence electrons. The van der Waals surface area contributed by atoms with Gasteiger partial charge in [-0.05, 0) is 43.2 Å². The zero-order chi connectivity index (χ0) is 25.6. The van der Waals surface area contributed by atoms with Crippen LogP contribution in [0.1, 0.15) is 24.4 Å². The maximum absolute atomic E-state index is 14.6. The summed E-state index contributed by atoms with van der Waals surface area (Å²) in [5.74, 6) is 0.490. The predicted octanol–water partition coefficient (Wildman–Crippen LogP) is 4.37. The number of benzene rings is 1. The Bertz CT molecular complexity index is 1630. The summed E-state index contributed by atoms with van der Waals surface area (Å²) in [5.41, 5.74) is 3.38. The summed E-state index contributed by atoms with van der Waals surface area (Å²) in [5, 5.41) is 8.98. The summed E-state index contributed by atoms with van der Waals surface area (Å²) in [6.07, 6.45) is 12.2. The third kappa shape index (κ3) is 4.04. The second kappa shape index (κ2) is 9.18. The Morgan fingerprint density at radius 2 is 1.89 bits per heavy atom. The molecule has 2 aliphatic heterocycles. The molecule has 2 fully saturated rings.